The summed E-state index contributed by atoms with van der Waals surface area (Å²) in [5.74, 6) is -2.23. The van der Waals surface area contributed by atoms with Crippen molar-refractivity contribution >= 4 is 63.6 Å². The molecule has 2 aliphatic rings. The third-order valence-electron chi connectivity index (χ3n) is 3.54. The van der Waals surface area contributed by atoms with Crippen LogP contribution in [0.25, 0.3) is 0 Å². The zero-order valence-corrected chi connectivity index (χ0v) is 15.7. The van der Waals surface area contributed by atoms with E-state index in [0.29, 0.717) is 16.5 Å². The number of hydrogen-bond acceptors (Lipinski definition) is 8. The number of fused-ring (bicyclic) bond motifs is 1. The number of carbonyl (C=O) groups excluding carboxylic acids is 1. The molecule has 3 rings (SSSR count). The minimum Gasteiger partial charge on any atom is -0.497 e. The van der Waals surface area contributed by atoms with Crippen LogP contribution in [0.4, 0.5) is 5.69 Å². The fourth-order valence-corrected chi connectivity index (χ4v) is 5.00. The zero-order valence-electron chi connectivity index (χ0n) is 13.3. The number of benzene rings is 1. The van der Waals surface area contributed by atoms with Gasteiger partial charge in [0.15, 0.2) is 0 Å². The van der Waals surface area contributed by atoms with Gasteiger partial charge in [0.2, 0.25) is 0 Å². The summed E-state index contributed by atoms with van der Waals surface area (Å²) < 4.78 is 5.32. The standard InChI is InChI=1S/C15H12N2O6S3/c1-23-7-2-3-9-8(4-7)16(5-10(18)19)14(25-9)12-13(22)17(6-11(20)21)15(24)26-12/h2-4H,5-6H2,1H3,(H,18,19)(H,20,21)/b14-12-. The van der Waals surface area contributed by atoms with Crippen molar-refractivity contribution in [2.24, 2.45) is 0 Å². The lowest BCUT2D eigenvalue weighted by Gasteiger charge is -2.19. The molecular weight excluding hydrogens is 400 g/mol. The van der Waals surface area contributed by atoms with Crippen molar-refractivity contribution in [3.05, 3.63) is 28.1 Å². The summed E-state index contributed by atoms with van der Waals surface area (Å²) in [6.45, 7) is -0.892. The van der Waals surface area contributed by atoms with Crippen molar-refractivity contribution in [3.63, 3.8) is 0 Å². The molecular formula is C15H12N2O6S3. The molecule has 0 atom stereocenters. The number of methoxy groups -OCH3 is 1. The molecule has 0 radical (unpaired) electrons. The van der Waals surface area contributed by atoms with Crippen LogP contribution < -0.4 is 9.64 Å². The van der Waals surface area contributed by atoms with Crippen molar-refractivity contribution in [3.8, 4) is 5.75 Å². The Morgan fingerprint density at radius 3 is 2.42 bits per heavy atom. The highest BCUT2D eigenvalue weighted by Crippen LogP contribution is 2.51. The summed E-state index contributed by atoms with van der Waals surface area (Å²) in [6.07, 6.45) is 0. The summed E-state index contributed by atoms with van der Waals surface area (Å²) in [4.78, 5) is 38.4. The summed E-state index contributed by atoms with van der Waals surface area (Å²) in [6, 6.07) is 5.21. The number of thiocarbonyl (C=S) groups is 1. The highest BCUT2D eigenvalue weighted by molar-refractivity contribution is 8.27. The van der Waals surface area contributed by atoms with E-state index in [2.05, 4.69) is 0 Å². The highest BCUT2D eigenvalue weighted by atomic mass is 32.2. The van der Waals surface area contributed by atoms with Crippen LogP contribution in [-0.2, 0) is 14.4 Å². The third kappa shape index (κ3) is 3.37. The Morgan fingerprint density at radius 1 is 1.15 bits per heavy atom. The number of hydrogen-bond donors (Lipinski definition) is 2. The number of carboxylic acid groups (broad SMARTS) is 2. The molecule has 1 saturated heterocycles. The second kappa shape index (κ2) is 7.17. The second-order valence-electron chi connectivity index (χ2n) is 5.20. The lowest BCUT2D eigenvalue weighted by atomic mass is 10.2. The van der Waals surface area contributed by atoms with Crippen LogP contribution in [0.15, 0.2) is 33.0 Å². The quantitative estimate of drug-likeness (QED) is 0.549. The van der Waals surface area contributed by atoms with Crippen molar-refractivity contribution in [1.82, 2.24) is 4.90 Å². The van der Waals surface area contributed by atoms with E-state index >= 15 is 0 Å². The van der Waals surface area contributed by atoms with Gasteiger partial charge in [-0.05, 0) is 12.1 Å². The van der Waals surface area contributed by atoms with Crippen LogP contribution in [0.2, 0.25) is 0 Å². The Bertz CT molecular complexity index is 869. The predicted molar refractivity (Wildman–Crippen MR) is 100 cm³/mol. The molecule has 26 heavy (non-hydrogen) atoms. The van der Waals surface area contributed by atoms with Crippen molar-refractivity contribution in [2.75, 3.05) is 25.1 Å². The molecule has 0 unspecified atom stereocenters. The van der Waals surface area contributed by atoms with Crippen LogP contribution in [0, 0.1) is 0 Å². The largest absolute Gasteiger partial charge is 0.497 e. The molecule has 1 aromatic carbocycles. The summed E-state index contributed by atoms with van der Waals surface area (Å²) >= 11 is 7.32. The van der Waals surface area contributed by atoms with Gasteiger partial charge in [-0.1, -0.05) is 35.7 Å². The molecule has 11 heteroatoms. The zero-order chi connectivity index (χ0) is 19.0. The maximum absolute atomic E-state index is 12.6. The molecule has 0 bridgehead atoms. The van der Waals surface area contributed by atoms with Crippen LogP contribution in [0.1, 0.15) is 0 Å². The average molecular weight is 412 g/mol. The maximum Gasteiger partial charge on any atom is 0.323 e. The van der Waals surface area contributed by atoms with Crippen molar-refractivity contribution < 1.29 is 29.3 Å². The molecule has 0 aromatic heterocycles. The number of carboxylic acids is 2. The fourth-order valence-electron chi connectivity index (χ4n) is 2.45. The number of amides is 1. The number of carbonyl (C=O) groups is 3. The van der Waals surface area contributed by atoms with Gasteiger partial charge in [-0.2, -0.15) is 0 Å². The van der Waals surface area contributed by atoms with Gasteiger partial charge in [-0.3, -0.25) is 19.3 Å². The van der Waals surface area contributed by atoms with Gasteiger partial charge in [0.1, 0.15) is 33.1 Å². The number of rotatable bonds is 5. The van der Waals surface area contributed by atoms with Crippen LogP contribution in [0.5, 0.6) is 5.75 Å². The summed E-state index contributed by atoms with van der Waals surface area (Å²) in [5, 5.41) is 18.6. The molecule has 0 aliphatic carbocycles. The van der Waals surface area contributed by atoms with Gasteiger partial charge in [0.05, 0.1) is 12.8 Å². The van der Waals surface area contributed by atoms with E-state index in [1.165, 1.54) is 23.8 Å². The van der Waals surface area contributed by atoms with Gasteiger partial charge in [0.25, 0.3) is 5.91 Å². The summed E-state index contributed by atoms with van der Waals surface area (Å²) in [5.41, 5.74) is 0.607. The van der Waals surface area contributed by atoms with E-state index in [1.807, 2.05) is 0 Å². The van der Waals surface area contributed by atoms with E-state index in [4.69, 9.17) is 22.1 Å². The lowest BCUT2D eigenvalue weighted by Crippen LogP contribution is -2.34. The number of aliphatic carboxylic acids is 2. The molecule has 0 saturated carbocycles. The highest BCUT2D eigenvalue weighted by Gasteiger charge is 2.40. The summed E-state index contributed by atoms with van der Waals surface area (Å²) in [7, 11) is 1.50. The number of ether oxygens (including phenoxy) is 1. The Labute approximate surface area is 161 Å². The second-order valence-corrected chi connectivity index (χ2v) is 7.88. The molecule has 1 aromatic rings. The maximum atomic E-state index is 12.6. The molecule has 2 heterocycles. The first-order valence-corrected chi connectivity index (χ1v) is 9.21. The van der Waals surface area contributed by atoms with E-state index in [-0.39, 0.29) is 15.8 Å². The predicted octanol–water partition coefficient (Wildman–Crippen LogP) is 1.81. The SMILES string of the molecule is COc1ccc2c(c1)N(CC(=O)O)/C(=C1/SC(=S)N(CC(=O)O)C1=O)S2. The normalized spacial score (nSPS) is 19.1. The molecule has 136 valence electrons. The molecule has 1 fully saturated rings. The third-order valence-corrected chi connectivity index (χ3v) is 6.29. The van der Waals surface area contributed by atoms with Crippen molar-refractivity contribution in [1.29, 1.82) is 0 Å². The first-order valence-electron chi connectivity index (χ1n) is 7.16. The van der Waals surface area contributed by atoms with Gasteiger partial charge >= 0.3 is 11.9 Å². The van der Waals surface area contributed by atoms with Crippen molar-refractivity contribution in [2.45, 2.75) is 4.90 Å². The first kappa shape index (κ1) is 18.5. The smallest absolute Gasteiger partial charge is 0.323 e. The van der Waals surface area contributed by atoms with E-state index in [9.17, 15) is 19.5 Å². The van der Waals surface area contributed by atoms with Crippen LogP contribution >= 0.6 is 35.7 Å². The Kier molecular flexibility index (Phi) is 5.12. The number of thioether (sulfide) groups is 2. The minimum atomic E-state index is -1.18. The number of anilines is 1. The lowest BCUT2D eigenvalue weighted by molar-refractivity contribution is -0.140. The minimum absolute atomic E-state index is 0.129. The Hall–Kier alpha value is -2.24. The average Bonchev–Trinajstić information content (AvgIpc) is 3.06. The monoisotopic (exact) mass is 412 g/mol. The molecule has 8 nitrogen and oxygen atoms in total. The van der Waals surface area contributed by atoms with Crippen LogP contribution in [0.3, 0.4) is 0 Å². The molecule has 2 aliphatic heterocycles. The van der Waals surface area contributed by atoms with E-state index in [0.717, 1.165) is 21.6 Å². The van der Waals surface area contributed by atoms with E-state index in [1.54, 1.807) is 18.2 Å². The fraction of sp³-hybridized carbons (Fsp3) is 0.200. The molecule has 0 spiro atoms. The topological polar surface area (TPSA) is 107 Å². The van der Waals surface area contributed by atoms with Gasteiger partial charge in [0, 0.05) is 11.0 Å². The van der Waals surface area contributed by atoms with E-state index < -0.39 is 24.4 Å². The molecule has 1 amide bonds. The Morgan fingerprint density at radius 2 is 1.81 bits per heavy atom. The first-order chi connectivity index (χ1) is 12.3. The number of nitrogens with zero attached hydrogens (tertiary/aromatic N) is 2. The van der Waals surface area contributed by atoms with Gasteiger partial charge in [-0.15, -0.1) is 0 Å². The van der Waals surface area contributed by atoms with Gasteiger partial charge < -0.3 is 19.8 Å². The Balaban J connectivity index is 2.04. The van der Waals surface area contributed by atoms with Crippen LogP contribution in [-0.4, -0.2) is 57.5 Å². The van der Waals surface area contributed by atoms with Gasteiger partial charge in [-0.25, -0.2) is 0 Å². The molecule has 2 N–H and O–H groups in total.